The van der Waals surface area contributed by atoms with E-state index in [0.717, 1.165) is 19.3 Å². The van der Waals surface area contributed by atoms with Crippen LogP contribution in [0.5, 0.6) is 0 Å². The van der Waals surface area contributed by atoms with Crippen molar-refractivity contribution in [1.82, 2.24) is 10.6 Å². The number of hydrogen-bond acceptors (Lipinski definition) is 2. The maximum absolute atomic E-state index is 13.8. The quantitative estimate of drug-likeness (QED) is 0.868. The van der Waals surface area contributed by atoms with Gasteiger partial charge in [-0.2, -0.15) is 0 Å². The summed E-state index contributed by atoms with van der Waals surface area (Å²) in [4.78, 5) is 24.9. The minimum Gasteiger partial charge on any atom is -0.351 e. The third-order valence-electron chi connectivity index (χ3n) is 4.79. The van der Waals surface area contributed by atoms with E-state index < -0.39 is 17.8 Å². The van der Waals surface area contributed by atoms with Crippen LogP contribution < -0.4 is 10.6 Å². The normalized spacial score (nSPS) is 22.0. The number of halogens is 1. The van der Waals surface area contributed by atoms with E-state index in [4.69, 9.17) is 0 Å². The van der Waals surface area contributed by atoms with Crippen LogP contribution in [0, 0.1) is 17.7 Å². The second-order valence-electron chi connectivity index (χ2n) is 7.05. The fourth-order valence-corrected chi connectivity index (χ4v) is 3.20. The molecule has 0 saturated heterocycles. The van der Waals surface area contributed by atoms with Gasteiger partial charge >= 0.3 is 0 Å². The molecule has 0 spiro atoms. The molecule has 1 fully saturated rings. The summed E-state index contributed by atoms with van der Waals surface area (Å²) in [6, 6.07) is 5.27. The van der Waals surface area contributed by atoms with Gasteiger partial charge in [0.15, 0.2) is 0 Å². The lowest BCUT2D eigenvalue weighted by atomic mass is 9.85. The number of benzene rings is 1. The maximum atomic E-state index is 13.8. The van der Waals surface area contributed by atoms with Gasteiger partial charge in [-0.1, -0.05) is 45.7 Å². The SMILES string of the molecule is CC(C)C(NC(=O)c1ccccc1F)C(=O)NC1CCCCC1C. The van der Waals surface area contributed by atoms with E-state index in [1.165, 1.54) is 24.6 Å². The van der Waals surface area contributed by atoms with Gasteiger partial charge in [0.25, 0.3) is 5.91 Å². The molecule has 0 radical (unpaired) electrons. The van der Waals surface area contributed by atoms with Crippen molar-refractivity contribution in [3.8, 4) is 0 Å². The fourth-order valence-electron chi connectivity index (χ4n) is 3.20. The molecule has 1 aliphatic rings. The Morgan fingerprint density at radius 1 is 1.17 bits per heavy atom. The maximum Gasteiger partial charge on any atom is 0.254 e. The van der Waals surface area contributed by atoms with Gasteiger partial charge in [-0.3, -0.25) is 9.59 Å². The highest BCUT2D eigenvalue weighted by atomic mass is 19.1. The van der Waals surface area contributed by atoms with Crippen LogP contribution in [0.3, 0.4) is 0 Å². The number of amides is 2. The smallest absolute Gasteiger partial charge is 0.254 e. The van der Waals surface area contributed by atoms with Crippen molar-refractivity contribution in [2.24, 2.45) is 11.8 Å². The Kier molecular flexibility index (Phi) is 6.35. The Morgan fingerprint density at radius 3 is 2.46 bits per heavy atom. The zero-order valence-corrected chi connectivity index (χ0v) is 14.6. The second-order valence-corrected chi connectivity index (χ2v) is 7.05. The van der Waals surface area contributed by atoms with E-state index in [-0.39, 0.29) is 23.4 Å². The Morgan fingerprint density at radius 2 is 1.83 bits per heavy atom. The molecule has 4 nitrogen and oxygen atoms in total. The molecule has 3 unspecified atom stereocenters. The van der Waals surface area contributed by atoms with Crippen molar-refractivity contribution in [1.29, 1.82) is 0 Å². The van der Waals surface area contributed by atoms with Crippen molar-refractivity contribution in [3.05, 3.63) is 35.6 Å². The van der Waals surface area contributed by atoms with Gasteiger partial charge in [0.1, 0.15) is 11.9 Å². The molecule has 0 aliphatic heterocycles. The summed E-state index contributed by atoms with van der Waals surface area (Å²) < 4.78 is 13.8. The first-order valence-electron chi connectivity index (χ1n) is 8.76. The third kappa shape index (κ3) is 4.56. The molecular formula is C19H27FN2O2. The van der Waals surface area contributed by atoms with Crippen molar-refractivity contribution in [2.75, 3.05) is 0 Å². The molecule has 0 bridgehead atoms. The Balaban J connectivity index is 2.04. The van der Waals surface area contributed by atoms with Crippen LogP contribution in [0.25, 0.3) is 0 Å². The highest BCUT2D eigenvalue weighted by molar-refractivity contribution is 5.97. The summed E-state index contributed by atoms with van der Waals surface area (Å²) in [6.07, 6.45) is 4.40. The highest BCUT2D eigenvalue weighted by Crippen LogP contribution is 2.24. The molecule has 2 amide bonds. The zero-order valence-electron chi connectivity index (χ0n) is 14.6. The molecule has 0 aromatic heterocycles. The van der Waals surface area contributed by atoms with Crippen LogP contribution in [0.15, 0.2) is 24.3 Å². The molecule has 1 aromatic rings. The molecule has 3 atom stereocenters. The zero-order chi connectivity index (χ0) is 17.7. The number of nitrogens with one attached hydrogen (secondary N) is 2. The average Bonchev–Trinajstić information content (AvgIpc) is 2.54. The topological polar surface area (TPSA) is 58.2 Å². The van der Waals surface area contributed by atoms with Gasteiger partial charge < -0.3 is 10.6 Å². The van der Waals surface area contributed by atoms with Crippen LogP contribution in [-0.4, -0.2) is 23.9 Å². The number of hydrogen-bond donors (Lipinski definition) is 2. The summed E-state index contributed by atoms with van der Waals surface area (Å²) in [7, 11) is 0. The molecular weight excluding hydrogens is 307 g/mol. The predicted octanol–water partition coefficient (Wildman–Crippen LogP) is 3.28. The first-order chi connectivity index (χ1) is 11.4. The van der Waals surface area contributed by atoms with Crippen molar-refractivity contribution in [3.63, 3.8) is 0 Å². The molecule has 1 aromatic carbocycles. The van der Waals surface area contributed by atoms with E-state index in [9.17, 15) is 14.0 Å². The minimum atomic E-state index is -0.675. The Hall–Kier alpha value is -1.91. The van der Waals surface area contributed by atoms with E-state index in [0.29, 0.717) is 5.92 Å². The van der Waals surface area contributed by atoms with Gasteiger partial charge in [0.2, 0.25) is 5.91 Å². The Labute approximate surface area is 143 Å². The summed E-state index contributed by atoms with van der Waals surface area (Å²) >= 11 is 0. The van der Waals surface area contributed by atoms with Gasteiger partial charge in [-0.15, -0.1) is 0 Å². The molecule has 5 heteroatoms. The van der Waals surface area contributed by atoms with E-state index in [1.54, 1.807) is 6.07 Å². The monoisotopic (exact) mass is 334 g/mol. The minimum absolute atomic E-state index is 0.0398. The van der Waals surface area contributed by atoms with Crippen LogP contribution in [-0.2, 0) is 4.79 Å². The molecule has 132 valence electrons. The fraction of sp³-hybridized carbons (Fsp3) is 0.579. The molecule has 2 N–H and O–H groups in total. The Bertz CT molecular complexity index is 588. The van der Waals surface area contributed by atoms with Gasteiger partial charge in [0, 0.05) is 6.04 Å². The molecule has 0 heterocycles. The highest BCUT2D eigenvalue weighted by Gasteiger charge is 2.29. The third-order valence-corrected chi connectivity index (χ3v) is 4.79. The van der Waals surface area contributed by atoms with Gasteiger partial charge in [0.05, 0.1) is 5.56 Å². The van der Waals surface area contributed by atoms with Crippen LogP contribution in [0.1, 0.15) is 56.8 Å². The predicted molar refractivity (Wildman–Crippen MR) is 92.1 cm³/mol. The summed E-state index contributed by atoms with van der Waals surface area (Å²) in [6.45, 7) is 5.89. The molecule has 2 rings (SSSR count). The summed E-state index contributed by atoms with van der Waals surface area (Å²) in [5.74, 6) is -0.969. The van der Waals surface area contributed by atoms with Crippen LogP contribution in [0.2, 0.25) is 0 Å². The molecule has 1 aliphatic carbocycles. The van der Waals surface area contributed by atoms with Gasteiger partial charge in [-0.05, 0) is 36.8 Å². The van der Waals surface area contributed by atoms with Crippen LogP contribution in [0.4, 0.5) is 4.39 Å². The molecule has 24 heavy (non-hydrogen) atoms. The van der Waals surface area contributed by atoms with Crippen molar-refractivity contribution < 1.29 is 14.0 Å². The first-order valence-corrected chi connectivity index (χ1v) is 8.76. The second kappa shape index (κ2) is 8.27. The largest absolute Gasteiger partial charge is 0.351 e. The average molecular weight is 334 g/mol. The van der Waals surface area contributed by atoms with Crippen molar-refractivity contribution in [2.45, 2.75) is 58.5 Å². The van der Waals surface area contributed by atoms with E-state index >= 15 is 0 Å². The van der Waals surface area contributed by atoms with Crippen LogP contribution >= 0.6 is 0 Å². The number of carbonyl (C=O) groups is 2. The van der Waals surface area contributed by atoms with Crippen molar-refractivity contribution >= 4 is 11.8 Å². The van der Waals surface area contributed by atoms with E-state index in [1.807, 2.05) is 13.8 Å². The summed E-state index contributed by atoms with van der Waals surface area (Å²) in [5.41, 5.74) is -0.0398. The van der Waals surface area contributed by atoms with E-state index in [2.05, 4.69) is 17.6 Å². The van der Waals surface area contributed by atoms with Gasteiger partial charge in [-0.25, -0.2) is 4.39 Å². The lowest BCUT2D eigenvalue weighted by Gasteiger charge is -2.32. The summed E-state index contributed by atoms with van der Waals surface area (Å²) in [5, 5.41) is 5.76. The standard InChI is InChI=1S/C19H27FN2O2/c1-12(2)17(19(24)21-16-11-7-4-8-13(16)3)22-18(23)14-9-5-6-10-15(14)20/h5-6,9-10,12-13,16-17H,4,7-8,11H2,1-3H3,(H,21,24)(H,22,23). The first kappa shape index (κ1) is 18.4. The number of rotatable bonds is 5. The lowest BCUT2D eigenvalue weighted by Crippen LogP contribution is -2.53. The molecule has 1 saturated carbocycles. The number of carbonyl (C=O) groups excluding carboxylic acids is 2. The lowest BCUT2D eigenvalue weighted by molar-refractivity contribution is -0.125.